The molecule has 50 heavy (non-hydrogen) atoms. The molecule has 0 spiro atoms. The number of rotatable bonds is 10. The topological polar surface area (TPSA) is 208 Å². The molecule has 0 saturated heterocycles. The Hall–Kier alpha value is -4.88. The molecule has 1 unspecified atom stereocenters. The Bertz CT molecular complexity index is 2030. The number of ether oxygens (including phenoxy) is 1. The Morgan fingerprint density at radius 2 is 1.52 bits per heavy atom. The molecule has 0 radical (unpaired) electrons. The number of carboxylic acids is 1. The fourth-order valence-corrected chi connectivity index (χ4v) is 7.29. The first-order valence-corrected chi connectivity index (χ1v) is 16.8. The zero-order valence-electron chi connectivity index (χ0n) is 29.4. The molecule has 13 heteroatoms. The molecule has 8 bridgehead atoms. The van der Waals surface area contributed by atoms with Gasteiger partial charge in [0.05, 0.1) is 55.0 Å². The van der Waals surface area contributed by atoms with E-state index in [1.54, 1.807) is 6.92 Å². The molecule has 0 fully saturated rings. The number of ketones is 1. The zero-order valence-corrected chi connectivity index (χ0v) is 29.4. The van der Waals surface area contributed by atoms with Gasteiger partial charge in [0.25, 0.3) is 5.91 Å². The minimum Gasteiger partial charge on any atom is -0.481 e. The highest BCUT2D eigenvalue weighted by atomic mass is 16.5. The summed E-state index contributed by atoms with van der Waals surface area (Å²) in [5.74, 6) is -3.48. The van der Waals surface area contributed by atoms with E-state index in [9.17, 15) is 34.5 Å². The van der Waals surface area contributed by atoms with Crippen molar-refractivity contribution in [2.75, 3.05) is 20.3 Å². The van der Waals surface area contributed by atoms with Gasteiger partial charge in [0.15, 0.2) is 5.78 Å². The molecule has 3 aromatic heterocycles. The summed E-state index contributed by atoms with van der Waals surface area (Å²) in [6.07, 6.45) is -1.07. The van der Waals surface area contributed by atoms with Crippen molar-refractivity contribution in [1.29, 1.82) is 0 Å². The third kappa shape index (κ3) is 6.79. The Labute approximate surface area is 289 Å². The lowest BCUT2D eigenvalue weighted by molar-refractivity contribution is -0.140. The van der Waals surface area contributed by atoms with Crippen LogP contribution in [0.15, 0.2) is 18.2 Å². The standard InChI is InChI=1S/C37H45N5O8/c1-8-22-16(2)25-13-30-33(20(6)44)18(4)27(40-30)11-26-17(3)23(9-31(46)47)35(41-26)24(10-32(48)50-7)36-34(37(49)38-14-21(45)15-43)19(5)28(42-36)12-29(22)39-25/h11-13,16-17,21-23,40,42-43,45H,8-10,14-15H2,1-7H3,(H,38,49)(H,46,47)/t16-,17+,21?,22-,23+/m1/s1. The number of hydrogen-bond donors (Lipinski definition) is 6. The molecule has 0 aliphatic carbocycles. The molecular weight excluding hydrogens is 642 g/mol. The maximum atomic E-state index is 13.9. The second-order valence-corrected chi connectivity index (χ2v) is 13.3. The van der Waals surface area contributed by atoms with E-state index in [4.69, 9.17) is 14.7 Å². The van der Waals surface area contributed by atoms with Gasteiger partial charge in [-0.2, -0.15) is 0 Å². The summed E-state index contributed by atoms with van der Waals surface area (Å²) >= 11 is 0. The molecule has 2 aliphatic heterocycles. The van der Waals surface area contributed by atoms with Crippen molar-refractivity contribution in [3.05, 3.63) is 68.8 Å². The van der Waals surface area contributed by atoms with Gasteiger partial charge in [-0.25, -0.2) is 0 Å². The number of aliphatic hydroxyl groups is 2. The monoisotopic (exact) mass is 687 g/mol. The number of fused-ring (bicyclic) bond motifs is 8. The fourth-order valence-electron chi connectivity index (χ4n) is 7.29. The number of carbonyl (C=O) groups is 4. The van der Waals surface area contributed by atoms with Crippen LogP contribution in [0.3, 0.4) is 0 Å². The maximum Gasteiger partial charge on any atom is 0.310 e. The molecule has 5 rings (SSSR count). The predicted molar refractivity (Wildman–Crippen MR) is 186 cm³/mol. The number of hydrogen-bond acceptors (Lipinski definition) is 9. The number of aromatic amines is 2. The third-order valence-electron chi connectivity index (χ3n) is 10.1. The van der Waals surface area contributed by atoms with E-state index >= 15 is 0 Å². The average molecular weight is 688 g/mol. The second kappa shape index (κ2) is 14.5. The van der Waals surface area contributed by atoms with Gasteiger partial charge < -0.3 is 35.3 Å². The molecule has 3 aromatic rings. The minimum atomic E-state index is -1.20. The number of nitrogens with zero attached hydrogens (tertiary/aromatic N) is 2. The van der Waals surface area contributed by atoms with Gasteiger partial charge in [-0.1, -0.05) is 20.8 Å². The van der Waals surface area contributed by atoms with E-state index in [1.165, 1.54) is 14.0 Å². The maximum absolute atomic E-state index is 13.9. The van der Waals surface area contributed by atoms with Crippen LogP contribution in [-0.2, 0) is 20.7 Å². The molecule has 0 aromatic carbocycles. The van der Waals surface area contributed by atoms with Gasteiger partial charge in [-0.15, -0.1) is 0 Å². The quantitative estimate of drug-likeness (QED) is 0.129. The van der Waals surface area contributed by atoms with Crippen LogP contribution in [0.2, 0.25) is 0 Å². The van der Waals surface area contributed by atoms with Crippen molar-refractivity contribution in [1.82, 2.24) is 25.3 Å². The summed E-state index contributed by atoms with van der Waals surface area (Å²) < 4.78 is 5.07. The second-order valence-electron chi connectivity index (χ2n) is 13.3. The normalized spacial score (nSPS) is 19.2. The summed E-state index contributed by atoms with van der Waals surface area (Å²) in [4.78, 5) is 69.0. The molecule has 5 heterocycles. The van der Waals surface area contributed by atoms with E-state index in [2.05, 4.69) is 29.1 Å². The summed E-state index contributed by atoms with van der Waals surface area (Å²) in [5.41, 5.74) is 6.72. The zero-order chi connectivity index (χ0) is 36.6. The number of esters is 1. The Morgan fingerprint density at radius 3 is 2.14 bits per heavy atom. The molecule has 1 amide bonds. The van der Waals surface area contributed by atoms with Crippen LogP contribution >= 0.6 is 0 Å². The van der Waals surface area contributed by atoms with Crippen LogP contribution < -0.4 is 5.32 Å². The number of nitrogens with one attached hydrogen (secondary N) is 3. The lowest BCUT2D eigenvalue weighted by Crippen LogP contribution is -2.34. The lowest BCUT2D eigenvalue weighted by atomic mass is 9.86. The Balaban J connectivity index is 2.02. The van der Waals surface area contributed by atoms with Crippen molar-refractivity contribution in [2.45, 2.75) is 90.6 Å². The summed E-state index contributed by atoms with van der Waals surface area (Å²) in [7, 11) is 1.24. The number of carboxylic acid groups (broad SMARTS) is 1. The fraction of sp³-hybridized carbons (Fsp3) is 0.459. The third-order valence-corrected chi connectivity index (χ3v) is 10.1. The number of aliphatic hydroxyl groups excluding tert-OH is 2. The van der Waals surface area contributed by atoms with Gasteiger partial charge in [0.1, 0.15) is 0 Å². The number of methoxy groups -OCH3 is 1. The van der Waals surface area contributed by atoms with Crippen LogP contribution in [0.1, 0.15) is 124 Å². The molecule has 0 saturated carbocycles. The van der Waals surface area contributed by atoms with Crippen LogP contribution in [0.4, 0.5) is 0 Å². The van der Waals surface area contributed by atoms with Gasteiger partial charge >= 0.3 is 11.9 Å². The number of aliphatic carboxylic acids is 1. The molecule has 5 atom stereocenters. The smallest absolute Gasteiger partial charge is 0.310 e. The van der Waals surface area contributed by atoms with Gasteiger partial charge in [0.2, 0.25) is 0 Å². The highest BCUT2D eigenvalue weighted by Crippen LogP contribution is 2.43. The summed E-state index contributed by atoms with van der Waals surface area (Å²) in [5, 5.41) is 32.1. The van der Waals surface area contributed by atoms with Crippen LogP contribution in [0.25, 0.3) is 22.1 Å². The predicted octanol–water partition coefficient (Wildman–Crippen LogP) is 4.59. The van der Waals surface area contributed by atoms with Gasteiger partial charge in [0, 0.05) is 69.5 Å². The first-order valence-electron chi connectivity index (χ1n) is 16.8. The average Bonchev–Trinajstić information content (AvgIpc) is 3.75. The number of aromatic nitrogens is 4. The van der Waals surface area contributed by atoms with Crippen molar-refractivity contribution in [3.63, 3.8) is 0 Å². The number of Topliss-reactive ketones (excluding diaryl/α,β-unsaturated/α-hetero) is 1. The van der Waals surface area contributed by atoms with Crippen molar-refractivity contribution >= 4 is 45.7 Å². The highest BCUT2D eigenvalue weighted by Gasteiger charge is 2.35. The van der Waals surface area contributed by atoms with Crippen LogP contribution in [0, 0.1) is 13.8 Å². The number of amides is 1. The summed E-state index contributed by atoms with van der Waals surface area (Å²) in [6.45, 7) is 10.3. The number of H-pyrrole nitrogens is 2. The number of carbonyl (C=O) groups excluding carboxylic acids is 3. The number of aryl methyl sites for hydroxylation is 2. The first-order chi connectivity index (χ1) is 23.7. The first kappa shape index (κ1) is 36.4. The molecular formula is C37H45N5O8. The van der Waals surface area contributed by atoms with Crippen molar-refractivity contribution in [2.24, 2.45) is 0 Å². The van der Waals surface area contributed by atoms with E-state index in [-0.39, 0.29) is 48.1 Å². The van der Waals surface area contributed by atoms with E-state index in [0.717, 1.165) is 17.8 Å². The molecule has 266 valence electrons. The Kier molecular flexibility index (Phi) is 10.6. The molecule has 2 aliphatic rings. The Morgan fingerprint density at radius 1 is 0.920 bits per heavy atom. The van der Waals surface area contributed by atoms with Crippen LogP contribution in [-0.4, -0.2) is 85.2 Å². The van der Waals surface area contributed by atoms with Crippen molar-refractivity contribution < 1.29 is 39.2 Å². The van der Waals surface area contributed by atoms with Crippen molar-refractivity contribution in [3.8, 4) is 0 Å². The van der Waals surface area contributed by atoms with E-state index in [0.29, 0.717) is 50.2 Å². The lowest BCUT2D eigenvalue weighted by Gasteiger charge is -2.16. The highest BCUT2D eigenvalue weighted by molar-refractivity contribution is 6.06. The van der Waals surface area contributed by atoms with Crippen LogP contribution in [0.5, 0.6) is 0 Å². The van der Waals surface area contributed by atoms with Gasteiger partial charge in [-0.3, -0.25) is 29.1 Å². The summed E-state index contributed by atoms with van der Waals surface area (Å²) in [6, 6.07) is 5.59. The largest absolute Gasteiger partial charge is 0.481 e. The van der Waals surface area contributed by atoms with E-state index in [1.807, 2.05) is 32.0 Å². The van der Waals surface area contributed by atoms with E-state index < -0.39 is 42.4 Å². The molecule has 6 N–H and O–H groups in total. The SMILES string of the molecule is CC[C@H]1c2cc3[nH]c(c(CC(=O)OC)c4nc(cc5[nH]c(cc(n2)[C@@H]1C)c(C(C)=O)c5C)[C@@H](C)[C@@H]4CC(=O)O)c(C(=O)NCC(O)CO)c3C. The minimum absolute atomic E-state index is 0.00412. The molecule has 13 nitrogen and oxygen atoms in total. The van der Waals surface area contributed by atoms with Gasteiger partial charge in [-0.05, 0) is 56.5 Å².